The lowest BCUT2D eigenvalue weighted by Gasteiger charge is -2.34. The third-order valence-corrected chi connectivity index (χ3v) is 4.92. The van der Waals surface area contributed by atoms with E-state index < -0.39 is 0 Å². The van der Waals surface area contributed by atoms with Crippen LogP contribution in [0.4, 0.5) is 5.82 Å². The Morgan fingerprint density at radius 2 is 1.65 bits per heavy atom. The summed E-state index contributed by atoms with van der Waals surface area (Å²) >= 11 is 0. The van der Waals surface area contributed by atoms with Gasteiger partial charge in [-0.05, 0) is 24.3 Å². The molecule has 2 N–H and O–H groups in total. The summed E-state index contributed by atoms with van der Waals surface area (Å²) in [5, 5.41) is 0.926. The number of fused-ring (bicyclic) bond motifs is 1. The first-order valence-electron chi connectivity index (χ1n) is 9.14. The van der Waals surface area contributed by atoms with Crippen LogP contribution in [0.2, 0.25) is 0 Å². The first-order chi connectivity index (χ1) is 12.8. The SMILES string of the molecule is Nc1nc(CN2CCN(CCc3ccccn3)CC2)nc2ccccc12. The number of anilines is 1. The van der Waals surface area contributed by atoms with Gasteiger partial charge >= 0.3 is 0 Å². The number of para-hydroxylation sites is 1. The van der Waals surface area contributed by atoms with Gasteiger partial charge in [0.25, 0.3) is 0 Å². The van der Waals surface area contributed by atoms with E-state index in [0.717, 1.165) is 68.1 Å². The highest BCUT2D eigenvalue weighted by atomic mass is 15.3. The lowest BCUT2D eigenvalue weighted by atomic mass is 10.2. The van der Waals surface area contributed by atoms with Gasteiger partial charge < -0.3 is 10.6 Å². The van der Waals surface area contributed by atoms with Crippen molar-refractivity contribution in [2.45, 2.75) is 13.0 Å². The summed E-state index contributed by atoms with van der Waals surface area (Å²) in [6.45, 7) is 6.00. The molecule has 1 saturated heterocycles. The fourth-order valence-electron chi connectivity index (χ4n) is 3.41. The smallest absolute Gasteiger partial charge is 0.145 e. The van der Waals surface area contributed by atoms with Crippen molar-refractivity contribution in [2.24, 2.45) is 0 Å². The number of nitrogens with zero attached hydrogens (tertiary/aromatic N) is 5. The zero-order chi connectivity index (χ0) is 17.8. The first kappa shape index (κ1) is 16.9. The van der Waals surface area contributed by atoms with Crippen molar-refractivity contribution in [3.63, 3.8) is 0 Å². The maximum atomic E-state index is 6.10. The number of benzene rings is 1. The van der Waals surface area contributed by atoms with Gasteiger partial charge in [0.05, 0.1) is 12.1 Å². The minimum Gasteiger partial charge on any atom is -0.383 e. The summed E-state index contributed by atoms with van der Waals surface area (Å²) in [4.78, 5) is 18.5. The summed E-state index contributed by atoms with van der Waals surface area (Å²) in [5.41, 5.74) is 8.18. The second-order valence-electron chi connectivity index (χ2n) is 6.73. The molecule has 0 aliphatic carbocycles. The van der Waals surface area contributed by atoms with Crippen molar-refractivity contribution in [2.75, 3.05) is 38.5 Å². The van der Waals surface area contributed by atoms with Gasteiger partial charge in [0, 0.05) is 56.4 Å². The first-order valence-corrected chi connectivity index (χ1v) is 9.14. The Kier molecular flexibility index (Phi) is 5.04. The quantitative estimate of drug-likeness (QED) is 0.760. The molecule has 0 spiro atoms. The van der Waals surface area contributed by atoms with E-state index in [1.807, 2.05) is 36.5 Å². The second-order valence-corrected chi connectivity index (χ2v) is 6.73. The number of rotatable bonds is 5. The molecule has 1 fully saturated rings. The van der Waals surface area contributed by atoms with E-state index in [1.165, 1.54) is 0 Å². The average Bonchev–Trinajstić information content (AvgIpc) is 2.68. The number of hydrogen-bond acceptors (Lipinski definition) is 6. The summed E-state index contributed by atoms with van der Waals surface area (Å²) < 4.78 is 0. The Morgan fingerprint density at radius 3 is 2.46 bits per heavy atom. The third kappa shape index (κ3) is 3.98. The summed E-state index contributed by atoms with van der Waals surface area (Å²) in [5.74, 6) is 1.38. The van der Waals surface area contributed by atoms with E-state index >= 15 is 0 Å². The standard InChI is InChI=1S/C20H24N6/c21-20-17-6-1-2-7-18(17)23-19(24-20)15-26-13-11-25(12-14-26)10-8-16-5-3-4-9-22-16/h1-7,9H,8,10-15H2,(H2,21,23,24). The van der Waals surface area contributed by atoms with Crippen LogP contribution in [0, 0.1) is 0 Å². The van der Waals surface area contributed by atoms with Crippen LogP contribution in [-0.2, 0) is 13.0 Å². The Bertz CT molecular complexity index is 859. The number of nitrogens with two attached hydrogens (primary N) is 1. The zero-order valence-corrected chi connectivity index (χ0v) is 14.9. The van der Waals surface area contributed by atoms with Crippen LogP contribution in [0.5, 0.6) is 0 Å². The maximum Gasteiger partial charge on any atom is 0.145 e. The lowest BCUT2D eigenvalue weighted by molar-refractivity contribution is 0.126. The van der Waals surface area contributed by atoms with E-state index in [9.17, 15) is 0 Å². The predicted octanol–water partition coefficient (Wildman–Crippen LogP) is 1.97. The number of aromatic nitrogens is 3. The van der Waals surface area contributed by atoms with Crippen molar-refractivity contribution < 1.29 is 0 Å². The highest BCUT2D eigenvalue weighted by molar-refractivity contribution is 5.87. The van der Waals surface area contributed by atoms with E-state index in [4.69, 9.17) is 5.73 Å². The number of piperazine rings is 1. The molecule has 6 heteroatoms. The van der Waals surface area contributed by atoms with Crippen LogP contribution >= 0.6 is 0 Å². The van der Waals surface area contributed by atoms with Gasteiger partial charge in [-0.2, -0.15) is 0 Å². The topological polar surface area (TPSA) is 71.2 Å². The van der Waals surface area contributed by atoms with Crippen LogP contribution in [0.25, 0.3) is 10.9 Å². The summed E-state index contributed by atoms with van der Waals surface area (Å²) in [6, 6.07) is 14.0. The monoisotopic (exact) mass is 348 g/mol. The van der Waals surface area contributed by atoms with Crippen molar-refractivity contribution in [1.29, 1.82) is 0 Å². The molecule has 0 amide bonds. The van der Waals surface area contributed by atoms with E-state index in [1.54, 1.807) is 0 Å². The minimum absolute atomic E-state index is 0.569. The van der Waals surface area contributed by atoms with Gasteiger partial charge in [0.2, 0.25) is 0 Å². The number of pyridine rings is 1. The van der Waals surface area contributed by atoms with Crippen LogP contribution in [0.3, 0.4) is 0 Å². The minimum atomic E-state index is 0.569. The van der Waals surface area contributed by atoms with Gasteiger partial charge in [0.15, 0.2) is 0 Å². The van der Waals surface area contributed by atoms with Crippen LogP contribution < -0.4 is 5.73 Å². The van der Waals surface area contributed by atoms with Gasteiger partial charge in [-0.15, -0.1) is 0 Å². The predicted molar refractivity (Wildman–Crippen MR) is 104 cm³/mol. The maximum absolute atomic E-state index is 6.10. The van der Waals surface area contributed by atoms with Crippen LogP contribution in [0.1, 0.15) is 11.5 Å². The molecule has 2 aromatic heterocycles. The summed E-state index contributed by atoms with van der Waals surface area (Å²) in [7, 11) is 0. The van der Waals surface area contributed by atoms with Crippen molar-refractivity contribution in [3.05, 3.63) is 60.2 Å². The molecule has 0 bridgehead atoms. The van der Waals surface area contributed by atoms with Crippen LogP contribution in [-0.4, -0.2) is 57.5 Å². The Labute approximate surface area is 153 Å². The van der Waals surface area contributed by atoms with Gasteiger partial charge in [-0.3, -0.25) is 9.88 Å². The normalized spacial score (nSPS) is 16.2. The molecule has 6 nitrogen and oxygen atoms in total. The lowest BCUT2D eigenvalue weighted by Crippen LogP contribution is -2.46. The van der Waals surface area contributed by atoms with E-state index in [-0.39, 0.29) is 0 Å². The molecule has 1 aliphatic rings. The number of hydrogen-bond donors (Lipinski definition) is 1. The zero-order valence-electron chi connectivity index (χ0n) is 14.9. The fourth-order valence-corrected chi connectivity index (χ4v) is 3.41. The molecule has 4 rings (SSSR count). The molecule has 0 unspecified atom stereocenters. The molecule has 0 radical (unpaired) electrons. The van der Waals surface area contributed by atoms with E-state index in [2.05, 4.69) is 36.9 Å². The van der Waals surface area contributed by atoms with Crippen molar-refractivity contribution in [3.8, 4) is 0 Å². The highest BCUT2D eigenvalue weighted by Crippen LogP contribution is 2.18. The molecule has 0 saturated carbocycles. The van der Waals surface area contributed by atoms with Crippen LogP contribution in [0.15, 0.2) is 48.7 Å². The molecule has 1 aromatic carbocycles. The Morgan fingerprint density at radius 1 is 0.885 bits per heavy atom. The van der Waals surface area contributed by atoms with Gasteiger partial charge in [0.1, 0.15) is 11.6 Å². The molecular formula is C20H24N6. The average molecular weight is 348 g/mol. The Balaban J connectivity index is 1.31. The van der Waals surface area contributed by atoms with Gasteiger partial charge in [-0.1, -0.05) is 18.2 Å². The third-order valence-electron chi connectivity index (χ3n) is 4.92. The summed E-state index contributed by atoms with van der Waals surface area (Å²) in [6.07, 6.45) is 2.87. The number of nitrogen functional groups attached to an aromatic ring is 1. The fraction of sp³-hybridized carbons (Fsp3) is 0.350. The molecule has 1 aliphatic heterocycles. The molecular weight excluding hydrogens is 324 g/mol. The highest BCUT2D eigenvalue weighted by Gasteiger charge is 2.18. The van der Waals surface area contributed by atoms with Crippen molar-refractivity contribution >= 4 is 16.7 Å². The molecule has 3 aromatic rings. The van der Waals surface area contributed by atoms with Gasteiger partial charge in [-0.25, -0.2) is 9.97 Å². The molecule has 3 heterocycles. The second kappa shape index (κ2) is 7.76. The molecule has 26 heavy (non-hydrogen) atoms. The molecule has 134 valence electrons. The van der Waals surface area contributed by atoms with Crippen molar-refractivity contribution in [1.82, 2.24) is 24.8 Å². The largest absolute Gasteiger partial charge is 0.383 e. The molecule has 0 atom stereocenters. The van der Waals surface area contributed by atoms with E-state index in [0.29, 0.717) is 5.82 Å². The Hall–Kier alpha value is -2.57.